The van der Waals surface area contributed by atoms with Crippen molar-refractivity contribution in [1.82, 2.24) is 0 Å². The molecule has 0 spiro atoms. The molecular formula is C25H20O3. The molecule has 0 aliphatic heterocycles. The molecule has 0 aliphatic carbocycles. The highest BCUT2D eigenvalue weighted by atomic mass is 16.5. The molecule has 0 fully saturated rings. The second-order valence-corrected chi connectivity index (χ2v) is 6.53. The van der Waals surface area contributed by atoms with Crippen LogP contribution in [0.15, 0.2) is 97.1 Å². The summed E-state index contributed by atoms with van der Waals surface area (Å²) in [6.07, 6.45) is 0. The quantitative estimate of drug-likeness (QED) is 0.405. The lowest BCUT2D eigenvalue weighted by Crippen LogP contribution is -2.08. The van der Waals surface area contributed by atoms with Crippen LogP contribution in [0.2, 0.25) is 0 Å². The topological polar surface area (TPSA) is 35.5 Å². The number of rotatable bonds is 6. The van der Waals surface area contributed by atoms with Gasteiger partial charge in [0.1, 0.15) is 24.5 Å². The molecule has 3 heteroatoms. The van der Waals surface area contributed by atoms with E-state index in [2.05, 4.69) is 0 Å². The van der Waals surface area contributed by atoms with Gasteiger partial charge < -0.3 is 9.47 Å². The minimum absolute atomic E-state index is 0.227. The number of fused-ring (bicyclic) bond motifs is 1. The molecule has 0 heterocycles. The van der Waals surface area contributed by atoms with Gasteiger partial charge in [-0.3, -0.25) is 0 Å². The molecular weight excluding hydrogens is 348 g/mol. The summed E-state index contributed by atoms with van der Waals surface area (Å²) in [5.41, 5.74) is 2.42. The number of carbonyl (C=O) groups excluding carboxylic acids is 1. The summed E-state index contributed by atoms with van der Waals surface area (Å²) in [6.45, 7) is 0.614. The molecule has 0 radical (unpaired) electrons. The highest BCUT2D eigenvalue weighted by Gasteiger charge is 2.16. The molecule has 4 aromatic carbocycles. The van der Waals surface area contributed by atoms with Crippen molar-refractivity contribution in [3.8, 4) is 5.75 Å². The van der Waals surface area contributed by atoms with Crippen molar-refractivity contribution >= 4 is 16.7 Å². The Morgan fingerprint density at radius 3 is 1.82 bits per heavy atom. The van der Waals surface area contributed by atoms with Crippen LogP contribution in [0.4, 0.5) is 0 Å². The molecule has 0 aromatic heterocycles. The Kier molecular flexibility index (Phi) is 5.34. The van der Waals surface area contributed by atoms with Gasteiger partial charge in [0.25, 0.3) is 0 Å². The molecule has 0 N–H and O–H groups in total. The molecule has 4 aromatic rings. The SMILES string of the molecule is O=C(OCc1ccccc1)c1cc2ccccc2cc1OCc1ccccc1. The maximum Gasteiger partial charge on any atom is 0.342 e. The third-order valence-corrected chi connectivity index (χ3v) is 4.52. The number of esters is 1. The fourth-order valence-corrected chi connectivity index (χ4v) is 3.03. The number of carbonyl (C=O) groups is 1. The summed E-state index contributed by atoms with van der Waals surface area (Å²) in [4.78, 5) is 12.8. The maximum absolute atomic E-state index is 12.8. The Hall–Kier alpha value is -3.59. The van der Waals surface area contributed by atoms with Crippen LogP contribution in [0.3, 0.4) is 0 Å². The number of benzene rings is 4. The van der Waals surface area contributed by atoms with E-state index < -0.39 is 5.97 Å². The van der Waals surface area contributed by atoms with E-state index in [4.69, 9.17) is 9.47 Å². The largest absolute Gasteiger partial charge is 0.488 e. The normalized spacial score (nSPS) is 10.6. The van der Waals surface area contributed by atoms with Crippen LogP contribution in [-0.4, -0.2) is 5.97 Å². The van der Waals surface area contributed by atoms with Gasteiger partial charge in [-0.2, -0.15) is 0 Å². The van der Waals surface area contributed by atoms with Crippen molar-refractivity contribution in [2.45, 2.75) is 13.2 Å². The van der Waals surface area contributed by atoms with Crippen LogP contribution in [0.5, 0.6) is 5.75 Å². The molecule has 0 bridgehead atoms. The van der Waals surface area contributed by atoms with Gasteiger partial charge in [0.2, 0.25) is 0 Å². The van der Waals surface area contributed by atoms with Gasteiger partial charge in [0.15, 0.2) is 0 Å². The predicted octanol–water partition coefficient (Wildman–Crippen LogP) is 5.78. The van der Waals surface area contributed by atoms with E-state index in [0.717, 1.165) is 21.9 Å². The minimum Gasteiger partial charge on any atom is -0.488 e. The molecule has 28 heavy (non-hydrogen) atoms. The molecule has 0 aliphatic rings. The number of hydrogen-bond acceptors (Lipinski definition) is 3. The van der Waals surface area contributed by atoms with Gasteiger partial charge in [0.05, 0.1) is 0 Å². The van der Waals surface area contributed by atoms with E-state index in [1.807, 2.05) is 97.1 Å². The van der Waals surface area contributed by atoms with Gasteiger partial charge in [-0.05, 0) is 34.0 Å². The van der Waals surface area contributed by atoms with E-state index in [9.17, 15) is 4.79 Å². The van der Waals surface area contributed by atoms with Crippen LogP contribution < -0.4 is 4.74 Å². The van der Waals surface area contributed by atoms with E-state index >= 15 is 0 Å². The van der Waals surface area contributed by atoms with Gasteiger partial charge in [-0.15, -0.1) is 0 Å². The third-order valence-electron chi connectivity index (χ3n) is 4.52. The zero-order valence-corrected chi connectivity index (χ0v) is 15.4. The van der Waals surface area contributed by atoms with Crippen LogP contribution in [0.25, 0.3) is 10.8 Å². The smallest absolute Gasteiger partial charge is 0.342 e. The van der Waals surface area contributed by atoms with E-state index in [0.29, 0.717) is 17.9 Å². The average molecular weight is 368 g/mol. The van der Waals surface area contributed by atoms with Crippen LogP contribution in [0.1, 0.15) is 21.5 Å². The van der Waals surface area contributed by atoms with Crippen molar-refractivity contribution in [2.24, 2.45) is 0 Å². The zero-order chi connectivity index (χ0) is 19.2. The lowest BCUT2D eigenvalue weighted by molar-refractivity contribution is 0.0468. The van der Waals surface area contributed by atoms with E-state index in [1.165, 1.54) is 0 Å². The average Bonchev–Trinajstić information content (AvgIpc) is 2.77. The molecule has 138 valence electrons. The van der Waals surface area contributed by atoms with Gasteiger partial charge >= 0.3 is 5.97 Å². The summed E-state index contributed by atoms with van der Waals surface area (Å²) in [6, 6.07) is 31.2. The van der Waals surface area contributed by atoms with Crippen LogP contribution >= 0.6 is 0 Å². The first kappa shape index (κ1) is 17.8. The second-order valence-electron chi connectivity index (χ2n) is 6.53. The Morgan fingerprint density at radius 2 is 1.18 bits per heavy atom. The number of ether oxygens (including phenoxy) is 2. The summed E-state index contributed by atoms with van der Waals surface area (Å²) in [5.74, 6) is 0.137. The third kappa shape index (κ3) is 4.21. The molecule has 3 nitrogen and oxygen atoms in total. The highest BCUT2D eigenvalue weighted by molar-refractivity contribution is 5.98. The molecule has 4 rings (SSSR count). The molecule has 0 atom stereocenters. The Labute approximate surface area is 164 Å². The van der Waals surface area contributed by atoms with Crippen LogP contribution in [0, 0.1) is 0 Å². The van der Waals surface area contributed by atoms with Crippen molar-refractivity contribution in [2.75, 3.05) is 0 Å². The van der Waals surface area contributed by atoms with Crippen LogP contribution in [-0.2, 0) is 18.0 Å². The number of hydrogen-bond donors (Lipinski definition) is 0. The Morgan fingerprint density at radius 1 is 0.643 bits per heavy atom. The van der Waals surface area contributed by atoms with Gasteiger partial charge in [0, 0.05) is 0 Å². The van der Waals surface area contributed by atoms with Gasteiger partial charge in [-0.25, -0.2) is 4.79 Å². The fourth-order valence-electron chi connectivity index (χ4n) is 3.03. The molecule has 0 unspecified atom stereocenters. The molecule has 0 saturated heterocycles. The first-order valence-corrected chi connectivity index (χ1v) is 9.20. The zero-order valence-electron chi connectivity index (χ0n) is 15.4. The Bertz CT molecular complexity index is 1070. The maximum atomic E-state index is 12.8. The Balaban J connectivity index is 1.59. The highest BCUT2D eigenvalue weighted by Crippen LogP contribution is 2.28. The minimum atomic E-state index is -0.391. The van der Waals surface area contributed by atoms with Gasteiger partial charge in [-0.1, -0.05) is 84.9 Å². The first-order chi connectivity index (χ1) is 13.8. The molecule has 0 saturated carbocycles. The predicted molar refractivity (Wildman–Crippen MR) is 110 cm³/mol. The van der Waals surface area contributed by atoms with Crippen molar-refractivity contribution in [3.63, 3.8) is 0 Å². The van der Waals surface area contributed by atoms with E-state index in [-0.39, 0.29) is 6.61 Å². The lowest BCUT2D eigenvalue weighted by Gasteiger charge is -2.13. The monoisotopic (exact) mass is 368 g/mol. The fraction of sp³-hybridized carbons (Fsp3) is 0.0800. The standard InChI is InChI=1S/C25H20O3/c26-25(28-18-20-11-5-2-6-12-20)23-15-21-13-7-8-14-22(21)16-24(23)27-17-19-9-3-1-4-10-19/h1-16H,17-18H2. The lowest BCUT2D eigenvalue weighted by atomic mass is 10.1. The van der Waals surface area contributed by atoms with Crippen molar-refractivity contribution in [3.05, 3.63) is 114 Å². The van der Waals surface area contributed by atoms with E-state index in [1.54, 1.807) is 0 Å². The van der Waals surface area contributed by atoms with Crippen molar-refractivity contribution in [1.29, 1.82) is 0 Å². The van der Waals surface area contributed by atoms with Crippen molar-refractivity contribution < 1.29 is 14.3 Å². The first-order valence-electron chi connectivity index (χ1n) is 9.20. The second kappa shape index (κ2) is 8.40. The summed E-state index contributed by atoms with van der Waals surface area (Å²) in [5, 5.41) is 1.99. The summed E-state index contributed by atoms with van der Waals surface area (Å²) in [7, 11) is 0. The molecule has 0 amide bonds. The summed E-state index contributed by atoms with van der Waals surface area (Å²) >= 11 is 0. The summed E-state index contributed by atoms with van der Waals surface area (Å²) < 4.78 is 11.5.